The third-order valence-corrected chi connectivity index (χ3v) is 6.39. The van der Waals surface area contributed by atoms with E-state index in [0.717, 1.165) is 11.1 Å². The van der Waals surface area contributed by atoms with Crippen LogP contribution < -0.4 is 4.74 Å². The summed E-state index contributed by atoms with van der Waals surface area (Å²) in [4.78, 5) is 11.8. The zero-order valence-electron chi connectivity index (χ0n) is 14.3. The minimum Gasteiger partial charge on any atom is -0.506 e. The summed E-state index contributed by atoms with van der Waals surface area (Å²) in [6.45, 7) is 9.35. The Morgan fingerprint density at radius 1 is 0.962 bits per heavy atom. The van der Waals surface area contributed by atoms with Gasteiger partial charge in [-0.1, -0.05) is 20.4 Å². The number of aromatic hydroxyl groups is 1. The fourth-order valence-electron chi connectivity index (χ4n) is 2.29. The van der Waals surface area contributed by atoms with Crippen LogP contribution in [-0.2, 0) is 10.2 Å². The number of halogens is 4. The molecule has 0 radical (unpaired) electrons. The van der Waals surface area contributed by atoms with Gasteiger partial charge in [-0.25, -0.2) is 4.79 Å². The molecule has 138 valence electrons. The molecule has 1 N–H and O–H groups in total. The SMILES string of the molecule is C=C(C)C(=O)Oc1c(Br)cc(C(C)(C)c2cc(Br)c(O)c(Br)c2)cc1Br. The molecule has 0 atom stereocenters. The normalized spacial score (nSPS) is 11.3. The van der Waals surface area contributed by atoms with Gasteiger partial charge in [-0.15, -0.1) is 0 Å². The lowest BCUT2D eigenvalue weighted by Crippen LogP contribution is -2.19. The van der Waals surface area contributed by atoms with Crippen LogP contribution in [0.5, 0.6) is 11.5 Å². The van der Waals surface area contributed by atoms with Gasteiger partial charge in [0.2, 0.25) is 0 Å². The van der Waals surface area contributed by atoms with E-state index in [-0.39, 0.29) is 11.2 Å². The molecule has 0 fully saturated rings. The van der Waals surface area contributed by atoms with Gasteiger partial charge >= 0.3 is 5.97 Å². The van der Waals surface area contributed by atoms with E-state index >= 15 is 0 Å². The lowest BCUT2D eigenvalue weighted by Gasteiger charge is -2.28. The molecule has 2 aromatic carbocycles. The molecule has 0 aliphatic carbocycles. The molecular formula is C19H16Br4O3. The van der Waals surface area contributed by atoms with Crippen molar-refractivity contribution in [1.29, 1.82) is 0 Å². The van der Waals surface area contributed by atoms with Crippen LogP contribution in [0.3, 0.4) is 0 Å². The van der Waals surface area contributed by atoms with Gasteiger partial charge in [0.15, 0.2) is 5.75 Å². The van der Waals surface area contributed by atoms with E-state index in [1.807, 2.05) is 24.3 Å². The van der Waals surface area contributed by atoms with Crippen molar-refractivity contribution in [3.8, 4) is 11.5 Å². The van der Waals surface area contributed by atoms with Crippen molar-refractivity contribution in [3.05, 3.63) is 65.4 Å². The third kappa shape index (κ3) is 4.43. The molecule has 26 heavy (non-hydrogen) atoms. The van der Waals surface area contributed by atoms with Gasteiger partial charge in [-0.2, -0.15) is 0 Å². The largest absolute Gasteiger partial charge is 0.506 e. The number of phenolic OH excluding ortho intramolecular Hbond substituents is 1. The number of benzene rings is 2. The molecule has 7 heteroatoms. The Kier molecular flexibility index (Phi) is 6.81. The molecule has 0 amide bonds. The number of ether oxygens (including phenoxy) is 1. The Hall–Kier alpha value is -0.630. The van der Waals surface area contributed by atoms with Gasteiger partial charge in [-0.05, 0) is 106 Å². The molecule has 0 aliphatic heterocycles. The van der Waals surface area contributed by atoms with E-state index in [1.165, 1.54) is 0 Å². The third-order valence-electron chi connectivity index (χ3n) is 4.00. The van der Waals surface area contributed by atoms with Gasteiger partial charge in [0.1, 0.15) is 5.75 Å². The molecule has 0 saturated carbocycles. The van der Waals surface area contributed by atoms with E-state index in [2.05, 4.69) is 84.1 Å². The second-order valence-corrected chi connectivity index (χ2v) is 9.77. The zero-order chi connectivity index (χ0) is 19.8. The average Bonchev–Trinajstić information content (AvgIpc) is 2.54. The van der Waals surface area contributed by atoms with Crippen molar-refractivity contribution in [1.82, 2.24) is 0 Å². The zero-order valence-corrected chi connectivity index (χ0v) is 20.6. The summed E-state index contributed by atoms with van der Waals surface area (Å²) < 4.78 is 7.92. The summed E-state index contributed by atoms with van der Waals surface area (Å²) in [6, 6.07) is 7.61. The summed E-state index contributed by atoms with van der Waals surface area (Å²) in [5.41, 5.74) is 1.95. The van der Waals surface area contributed by atoms with Crippen molar-refractivity contribution >= 4 is 69.7 Å². The van der Waals surface area contributed by atoms with Crippen LogP contribution >= 0.6 is 63.7 Å². The van der Waals surface area contributed by atoms with E-state index in [1.54, 1.807) is 6.92 Å². The highest BCUT2D eigenvalue weighted by molar-refractivity contribution is 9.11. The standard InChI is InChI=1S/C19H16Br4O3/c1-9(2)18(25)26-17-14(22)7-11(8-15(17)23)19(3,4)10-5-12(20)16(24)13(21)6-10/h5-8,24H,1H2,2-4H3. The van der Waals surface area contributed by atoms with Gasteiger partial charge in [0.05, 0.1) is 17.9 Å². The van der Waals surface area contributed by atoms with Crippen LogP contribution in [0.4, 0.5) is 0 Å². The molecule has 2 rings (SSSR count). The smallest absolute Gasteiger partial charge is 0.338 e. The average molecular weight is 612 g/mol. The maximum absolute atomic E-state index is 11.8. The van der Waals surface area contributed by atoms with E-state index in [9.17, 15) is 9.90 Å². The summed E-state index contributed by atoms with van der Waals surface area (Å²) in [7, 11) is 0. The molecule has 2 aromatic rings. The Morgan fingerprint density at radius 3 is 1.73 bits per heavy atom. The van der Waals surface area contributed by atoms with Crippen LogP contribution in [0.15, 0.2) is 54.3 Å². The molecule has 3 nitrogen and oxygen atoms in total. The molecule has 0 unspecified atom stereocenters. The maximum Gasteiger partial charge on any atom is 0.338 e. The summed E-state index contributed by atoms with van der Waals surface area (Å²) in [6.07, 6.45) is 0. The second kappa shape index (κ2) is 8.17. The summed E-state index contributed by atoms with van der Waals surface area (Å²) in [5.74, 6) is 0.0874. The van der Waals surface area contributed by atoms with Crippen LogP contribution in [0.1, 0.15) is 31.9 Å². The van der Waals surface area contributed by atoms with Gasteiger partial charge < -0.3 is 9.84 Å². The highest BCUT2D eigenvalue weighted by Crippen LogP contribution is 2.43. The Bertz CT molecular complexity index is 858. The minimum absolute atomic E-state index is 0.161. The minimum atomic E-state index is -0.482. The van der Waals surface area contributed by atoms with Crippen LogP contribution in [0.2, 0.25) is 0 Å². The van der Waals surface area contributed by atoms with Gasteiger partial charge in [0, 0.05) is 11.0 Å². The quantitative estimate of drug-likeness (QED) is 0.225. The predicted molar refractivity (Wildman–Crippen MR) is 118 cm³/mol. The van der Waals surface area contributed by atoms with Crippen molar-refractivity contribution in [2.24, 2.45) is 0 Å². The predicted octanol–water partition coefficient (Wildman–Crippen LogP) is 7.25. The molecule has 0 heterocycles. The molecule has 0 bridgehead atoms. The molecule has 0 aliphatic rings. The van der Waals surface area contributed by atoms with Crippen molar-refractivity contribution < 1.29 is 14.6 Å². The van der Waals surface area contributed by atoms with Crippen LogP contribution in [0, 0.1) is 0 Å². The van der Waals surface area contributed by atoms with E-state index in [0.29, 0.717) is 29.2 Å². The summed E-state index contributed by atoms with van der Waals surface area (Å²) in [5, 5.41) is 9.96. The number of hydrogen-bond donors (Lipinski definition) is 1. The number of rotatable bonds is 4. The first-order chi connectivity index (χ1) is 11.9. The Morgan fingerprint density at radius 2 is 1.35 bits per heavy atom. The first-order valence-corrected chi connectivity index (χ1v) is 10.7. The van der Waals surface area contributed by atoms with Crippen LogP contribution in [-0.4, -0.2) is 11.1 Å². The van der Waals surface area contributed by atoms with Gasteiger partial charge in [0.25, 0.3) is 0 Å². The van der Waals surface area contributed by atoms with Gasteiger partial charge in [-0.3, -0.25) is 0 Å². The lowest BCUT2D eigenvalue weighted by atomic mass is 9.78. The molecule has 0 spiro atoms. The number of carbonyl (C=O) groups excluding carboxylic acids is 1. The lowest BCUT2D eigenvalue weighted by molar-refractivity contribution is -0.130. The highest BCUT2D eigenvalue weighted by atomic mass is 79.9. The highest BCUT2D eigenvalue weighted by Gasteiger charge is 2.27. The number of esters is 1. The molecular weight excluding hydrogens is 596 g/mol. The second-order valence-electron chi connectivity index (χ2n) is 6.35. The monoisotopic (exact) mass is 608 g/mol. The summed E-state index contributed by atoms with van der Waals surface area (Å²) >= 11 is 13.7. The first kappa shape index (κ1) is 21.7. The van der Waals surface area contributed by atoms with E-state index in [4.69, 9.17) is 4.74 Å². The fraction of sp³-hybridized carbons (Fsp3) is 0.211. The van der Waals surface area contributed by atoms with Crippen molar-refractivity contribution in [2.75, 3.05) is 0 Å². The van der Waals surface area contributed by atoms with Crippen molar-refractivity contribution in [3.63, 3.8) is 0 Å². The fourth-order valence-corrected chi connectivity index (χ4v) is 4.83. The number of hydrogen-bond acceptors (Lipinski definition) is 3. The molecule has 0 aromatic heterocycles. The maximum atomic E-state index is 11.8. The van der Waals surface area contributed by atoms with Crippen LogP contribution in [0.25, 0.3) is 0 Å². The number of carbonyl (C=O) groups is 1. The topological polar surface area (TPSA) is 46.5 Å². The first-order valence-electron chi connectivity index (χ1n) is 7.50. The Balaban J connectivity index is 2.51. The van der Waals surface area contributed by atoms with E-state index < -0.39 is 5.97 Å². The van der Waals surface area contributed by atoms with Crippen molar-refractivity contribution in [2.45, 2.75) is 26.2 Å². The molecule has 0 saturated heterocycles. The number of phenols is 1. The Labute approximate surface area is 186 Å².